The maximum absolute atomic E-state index is 14.7. The van der Waals surface area contributed by atoms with Crippen LogP contribution in [0, 0.1) is 0 Å². The predicted molar refractivity (Wildman–Crippen MR) is 177 cm³/mol. The third kappa shape index (κ3) is 8.61. The number of carbonyl (C=O) groups excluding carboxylic acids is 3. The summed E-state index contributed by atoms with van der Waals surface area (Å²) in [5, 5.41) is 2.79. The van der Waals surface area contributed by atoms with E-state index in [0.29, 0.717) is 12.4 Å². The number of hydrogen-bond acceptors (Lipinski definition) is 7. The fraction of sp³-hybridized carbons (Fsp3) is 0.289. The van der Waals surface area contributed by atoms with Crippen LogP contribution in [-0.2, 0) is 37.8 Å². The third-order valence-corrected chi connectivity index (χ3v) is 8.36. The predicted octanol–water partition coefficient (Wildman–Crippen LogP) is 6.81. The molecule has 1 heterocycles. The van der Waals surface area contributed by atoms with Crippen molar-refractivity contribution in [3.63, 3.8) is 0 Å². The average molecular weight is 691 g/mol. The summed E-state index contributed by atoms with van der Waals surface area (Å²) >= 11 is 0. The molecule has 50 heavy (non-hydrogen) atoms. The molecule has 0 saturated carbocycles. The summed E-state index contributed by atoms with van der Waals surface area (Å²) in [6, 6.07) is 30.2. The van der Waals surface area contributed by atoms with Crippen LogP contribution in [0.3, 0.4) is 0 Å². The van der Waals surface area contributed by atoms with Gasteiger partial charge in [0.25, 0.3) is 11.5 Å². The summed E-state index contributed by atoms with van der Waals surface area (Å²) in [5.41, 5.74) is -1.96. The number of nitrogens with one attached hydrogen (secondary N) is 1. The number of methoxy groups -OCH3 is 1. The molecule has 4 aromatic rings. The molecule has 9 nitrogen and oxygen atoms in total. The summed E-state index contributed by atoms with van der Waals surface area (Å²) in [4.78, 5) is 41.7. The molecule has 1 saturated heterocycles. The molecular formula is C38H37F3N2O7. The molecule has 1 fully saturated rings. The van der Waals surface area contributed by atoms with Crippen molar-refractivity contribution < 1.29 is 46.5 Å². The first-order valence-corrected chi connectivity index (χ1v) is 16.0. The molecule has 1 aliphatic rings. The molecule has 12 heteroatoms. The van der Waals surface area contributed by atoms with E-state index in [0.717, 1.165) is 30.4 Å². The minimum atomic E-state index is -5.19. The minimum Gasteiger partial charge on any atom is -0.489 e. The molecule has 0 unspecified atom stereocenters. The maximum Gasteiger partial charge on any atom is 0.432 e. The molecule has 1 N–H and O–H groups in total. The first-order chi connectivity index (χ1) is 24.1. The third-order valence-electron chi connectivity index (χ3n) is 8.36. The number of esters is 1. The average Bonchev–Trinajstić information content (AvgIpc) is 3.33. The standard InChI is InChI=1S/C38H37F3N2O7/c1-47-37(38(39,40)41,30-16-9-4-10-17-30)35(45)50-33-18-11-23-43(36(46)49-26-28-14-7-3-8-15-28)24-32(33)42-34(44)29-19-21-31(22-20-29)48-25-27-12-5-2-6-13-27/h2-10,12-17,19-22,32-33H,11,18,23-26H2,1H3,(H,42,44)/t32-,33-,37-/m0/s1. The lowest BCUT2D eigenvalue weighted by atomic mass is 9.92. The molecule has 3 atom stereocenters. The smallest absolute Gasteiger partial charge is 0.432 e. The number of likely N-dealkylation sites (tertiary alicyclic amines) is 1. The van der Waals surface area contributed by atoms with E-state index in [9.17, 15) is 27.6 Å². The fourth-order valence-electron chi connectivity index (χ4n) is 5.69. The topological polar surface area (TPSA) is 103 Å². The SMILES string of the molecule is CO[C@](C(=O)O[C@H]1CCCN(C(=O)OCc2ccccc2)C[C@@H]1NC(=O)c1ccc(OCc2ccccc2)cc1)(c1ccccc1)C(F)(F)F. The van der Waals surface area contributed by atoms with E-state index in [-0.39, 0.29) is 38.1 Å². The van der Waals surface area contributed by atoms with E-state index in [1.807, 2.05) is 36.4 Å². The Morgan fingerprint density at radius 3 is 1.96 bits per heavy atom. The van der Waals surface area contributed by atoms with Gasteiger partial charge >= 0.3 is 18.2 Å². The van der Waals surface area contributed by atoms with Gasteiger partial charge in [0.2, 0.25) is 0 Å². The van der Waals surface area contributed by atoms with E-state index in [4.69, 9.17) is 18.9 Å². The molecule has 0 aliphatic carbocycles. The summed E-state index contributed by atoms with van der Waals surface area (Å²) in [6.45, 7) is 0.257. The second kappa shape index (κ2) is 16.4. The quantitative estimate of drug-likeness (QED) is 0.173. The van der Waals surface area contributed by atoms with Crippen molar-refractivity contribution in [2.24, 2.45) is 0 Å². The van der Waals surface area contributed by atoms with Gasteiger partial charge in [-0.25, -0.2) is 9.59 Å². The lowest BCUT2D eigenvalue weighted by molar-refractivity contribution is -0.278. The number of carbonyl (C=O) groups is 3. The number of benzene rings is 4. The zero-order chi connectivity index (χ0) is 35.6. The van der Waals surface area contributed by atoms with Crippen LogP contribution in [0.4, 0.5) is 18.0 Å². The largest absolute Gasteiger partial charge is 0.489 e. The van der Waals surface area contributed by atoms with Crippen LogP contribution in [-0.4, -0.2) is 61.4 Å². The van der Waals surface area contributed by atoms with Gasteiger partial charge in [0.15, 0.2) is 0 Å². The van der Waals surface area contributed by atoms with E-state index in [1.54, 1.807) is 36.4 Å². The van der Waals surface area contributed by atoms with Crippen molar-refractivity contribution in [1.29, 1.82) is 0 Å². The van der Waals surface area contributed by atoms with Gasteiger partial charge in [-0.1, -0.05) is 91.0 Å². The Labute approximate surface area is 287 Å². The zero-order valence-electron chi connectivity index (χ0n) is 27.3. The van der Waals surface area contributed by atoms with Crippen LogP contribution in [0.5, 0.6) is 5.75 Å². The molecule has 4 aromatic carbocycles. The van der Waals surface area contributed by atoms with Gasteiger partial charge in [-0.05, 0) is 48.2 Å². The second-order valence-electron chi connectivity index (χ2n) is 11.7. The van der Waals surface area contributed by atoms with Crippen LogP contribution < -0.4 is 10.1 Å². The first-order valence-electron chi connectivity index (χ1n) is 16.0. The van der Waals surface area contributed by atoms with Crippen LogP contribution >= 0.6 is 0 Å². The van der Waals surface area contributed by atoms with Crippen molar-refractivity contribution >= 4 is 18.0 Å². The molecule has 1 aliphatic heterocycles. The zero-order valence-corrected chi connectivity index (χ0v) is 27.3. The Morgan fingerprint density at radius 2 is 1.38 bits per heavy atom. The van der Waals surface area contributed by atoms with E-state index in [1.165, 1.54) is 35.2 Å². The monoisotopic (exact) mass is 690 g/mol. The highest BCUT2D eigenvalue weighted by molar-refractivity contribution is 5.94. The van der Waals surface area contributed by atoms with Crippen LogP contribution in [0.25, 0.3) is 0 Å². The second-order valence-corrected chi connectivity index (χ2v) is 11.7. The Hall–Kier alpha value is -5.36. The highest BCUT2D eigenvalue weighted by Gasteiger charge is 2.64. The van der Waals surface area contributed by atoms with Gasteiger partial charge in [-0.3, -0.25) is 4.79 Å². The fourth-order valence-corrected chi connectivity index (χ4v) is 5.69. The van der Waals surface area contributed by atoms with Gasteiger partial charge in [0.1, 0.15) is 25.1 Å². The van der Waals surface area contributed by atoms with E-state index in [2.05, 4.69) is 5.32 Å². The van der Waals surface area contributed by atoms with Crippen molar-refractivity contribution in [1.82, 2.24) is 10.2 Å². The van der Waals surface area contributed by atoms with E-state index < -0.39 is 47.5 Å². The van der Waals surface area contributed by atoms with Crippen LogP contribution in [0.2, 0.25) is 0 Å². The number of amides is 2. The van der Waals surface area contributed by atoms with Gasteiger partial charge in [-0.15, -0.1) is 0 Å². The van der Waals surface area contributed by atoms with Crippen molar-refractivity contribution in [2.75, 3.05) is 20.2 Å². The van der Waals surface area contributed by atoms with E-state index >= 15 is 0 Å². The molecular weight excluding hydrogens is 653 g/mol. The molecule has 262 valence electrons. The summed E-state index contributed by atoms with van der Waals surface area (Å²) < 4.78 is 65.9. The van der Waals surface area contributed by atoms with Gasteiger partial charge < -0.3 is 29.2 Å². The molecule has 0 bridgehead atoms. The van der Waals surface area contributed by atoms with Gasteiger partial charge in [-0.2, -0.15) is 13.2 Å². The van der Waals surface area contributed by atoms with Gasteiger partial charge in [0, 0.05) is 31.3 Å². The first kappa shape index (κ1) is 35.9. The molecule has 0 spiro atoms. The lowest BCUT2D eigenvalue weighted by Gasteiger charge is -2.35. The number of ether oxygens (including phenoxy) is 4. The summed E-state index contributed by atoms with van der Waals surface area (Å²) in [7, 11) is 0.784. The molecule has 5 rings (SSSR count). The number of halogens is 3. The highest BCUT2D eigenvalue weighted by atomic mass is 19.4. The Morgan fingerprint density at radius 1 is 0.800 bits per heavy atom. The van der Waals surface area contributed by atoms with Crippen molar-refractivity contribution in [2.45, 2.75) is 50.0 Å². The highest BCUT2D eigenvalue weighted by Crippen LogP contribution is 2.43. The lowest BCUT2D eigenvalue weighted by Crippen LogP contribution is -2.56. The summed E-state index contributed by atoms with van der Waals surface area (Å²) in [5.74, 6) is -1.77. The number of hydrogen-bond donors (Lipinski definition) is 1. The van der Waals surface area contributed by atoms with Crippen molar-refractivity contribution in [3.05, 3.63) is 138 Å². The molecule has 0 aromatic heterocycles. The molecule has 2 amide bonds. The Bertz CT molecular complexity index is 1710. The Balaban J connectivity index is 1.36. The number of rotatable bonds is 11. The van der Waals surface area contributed by atoms with Crippen LogP contribution in [0.1, 0.15) is 39.9 Å². The summed E-state index contributed by atoms with van der Waals surface area (Å²) in [6.07, 6.45) is -6.85. The minimum absolute atomic E-state index is 0.0106. The number of nitrogens with zero attached hydrogens (tertiary/aromatic N) is 1. The number of alkyl halides is 3. The van der Waals surface area contributed by atoms with Crippen LogP contribution in [0.15, 0.2) is 115 Å². The van der Waals surface area contributed by atoms with Crippen molar-refractivity contribution in [3.8, 4) is 5.75 Å². The maximum atomic E-state index is 14.7. The molecule has 0 radical (unpaired) electrons. The normalized spacial score (nSPS) is 17.5. The van der Waals surface area contributed by atoms with Gasteiger partial charge in [0.05, 0.1) is 6.04 Å². The Kier molecular flexibility index (Phi) is 11.8.